The standard InChI is InChI=1S/C19H24N2O3S/c1-19(17-8-4-2-5-9-17,16-21-12-14-24-15-13-21)20-25(22,23)18-10-6-3-7-11-18/h2-11,20H,12-16H2,1H3/p+1/t19-/m0/s1. The number of rotatable bonds is 6. The van der Waals surface area contributed by atoms with E-state index >= 15 is 0 Å². The first-order valence-electron chi connectivity index (χ1n) is 8.55. The quantitative estimate of drug-likeness (QED) is 0.800. The molecule has 0 unspecified atom stereocenters. The maximum Gasteiger partial charge on any atom is 0.241 e. The molecule has 1 fully saturated rings. The topological polar surface area (TPSA) is 59.8 Å². The maximum atomic E-state index is 12.9. The molecule has 1 aliphatic heterocycles. The van der Waals surface area contributed by atoms with Crippen molar-refractivity contribution in [3.05, 3.63) is 66.2 Å². The van der Waals surface area contributed by atoms with Crippen molar-refractivity contribution in [2.45, 2.75) is 17.4 Å². The van der Waals surface area contributed by atoms with E-state index in [9.17, 15) is 8.42 Å². The highest BCUT2D eigenvalue weighted by Crippen LogP contribution is 2.22. The summed E-state index contributed by atoms with van der Waals surface area (Å²) in [6.07, 6.45) is 0. The molecule has 1 atom stereocenters. The van der Waals surface area contributed by atoms with Gasteiger partial charge in [0.1, 0.15) is 25.2 Å². The van der Waals surface area contributed by atoms with E-state index < -0.39 is 15.6 Å². The summed E-state index contributed by atoms with van der Waals surface area (Å²) < 4.78 is 34.2. The van der Waals surface area contributed by atoms with E-state index in [1.165, 1.54) is 4.90 Å². The normalized spacial score (nSPS) is 18.6. The van der Waals surface area contributed by atoms with Crippen molar-refractivity contribution in [2.75, 3.05) is 32.8 Å². The lowest BCUT2D eigenvalue weighted by Gasteiger charge is -2.35. The van der Waals surface area contributed by atoms with Crippen LogP contribution < -0.4 is 9.62 Å². The molecule has 6 heteroatoms. The summed E-state index contributed by atoms with van der Waals surface area (Å²) in [6, 6.07) is 18.3. The number of benzene rings is 2. The van der Waals surface area contributed by atoms with E-state index in [4.69, 9.17) is 4.74 Å². The van der Waals surface area contributed by atoms with Crippen LogP contribution in [-0.2, 0) is 20.3 Å². The summed E-state index contributed by atoms with van der Waals surface area (Å²) >= 11 is 0. The number of quaternary nitrogens is 1. The summed E-state index contributed by atoms with van der Waals surface area (Å²) in [5, 5.41) is 0. The van der Waals surface area contributed by atoms with Crippen LogP contribution in [0.3, 0.4) is 0 Å². The molecule has 0 spiro atoms. The van der Waals surface area contributed by atoms with Crippen molar-refractivity contribution in [1.82, 2.24) is 4.72 Å². The van der Waals surface area contributed by atoms with Gasteiger partial charge in [-0.15, -0.1) is 0 Å². The fourth-order valence-electron chi connectivity index (χ4n) is 3.30. The zero-order valence-corrected chi connectivity index (χ0v) is 15.3. The molecule has 0 amide bonds. The van der Waals surface area contributed by atoms with Crippen LogP contribution in [0.5, 0.6) is 0 Å². The molecule has 134 valence electrons. The van der Waals surface area contributed by atoms with Gasteiger partial charge in [0.25, 0.3) is 0 Å². The molecule has 2 aromatic carbocycles. The Labute approximate surface area is 149 Å². The third kappa shape index (κ3) is 4.46. The van der Waals surface area contributed by atoms with Crippen LogP contribution in [0.25, 0.3) is 0 Å². The first-order valence-corrected chi connectivity index (χ1v) is 10.0. The van der Waals surface area contributed by atoms with E-state index in [1.807, 2.05) is 43.3 Å². The first-order chi connectivity index (χ1) is 12.0. The van der Waals surface area contributed by atoms with Crippen LogP contribution in [0.2, 0.25) is 0 Å². The van der Waals surface area contributed by atoms with Crippen molar-refractivity contribution < 1.29 is 18.1 Å². The fourth-order valence-corrected chi connectivity index (χ4v) is 4.71. The molecule has 25 heavy (non-hydrogen) atoms. The Kier molecular flexibility index (Phi) is 5.54. The van der Waals surface area contributed by atoms with E-state index in [0.717, 1.165) is 18.7 Å². The smallest absolute Gasteiger partial charge is 0.241 e. The molecule has 1 heterocycles. The van der Waals surface area contributed by atoms with Gasteiger partial charge in [0.15, 0.2) is 0 Å². The fraction of sp³-hybridized carbons (Fsp3) is 0.368. The SMILES string of the molecule is C[C@@](C[NH+]1CCOCC1)(NS(=O)(=O)c1ccccc1)c1ccccc1. The van der Waals surface area contributed by atoms with Gasteiger partial charge in [0.05, 0.1) is 18.1 Å². The summed E-state index contributed by atoms with van der Waals surface area (Å²) in [5.41, 5.74) is 0.274. The molecule has 1 aliphatic rings. The number of nitrogens with one attached hydrogen (secondary N) is 2. The Morgan fingerprint density at radius 1 is 1.00 bits per heavy atom. The number of morpholine rings is 1. The largest absolute Gasteiger partial charge is 0.370 e. The molecule has 0 aliphatic carbocycles. The molecule has 0 saturated carbocycles. The van der Waals surface area contributed by atoms with Crippen LogP contribution in [0.15, 0.2) is 65.6 Å². The van der Waals surface area contributed by atoms with Gasteiger partial charge in [-0.1, -0.05) is 48.5 Å². The maximum absolute atomic E-state index is 12.9. The second kappa shape index (κ2) is 7.66. The summed E-state index contributed by atoms with van der Waals surface area (Å²) in [5.74, 6) is 0. The predicted octanol–water partition coefficient (Wildman–Crippen LogP) is 0.795. The highest BCUT2D eigenvalue weighted by Gasteiger charge is 2.37. The monoisotopic (exact) mass is 361 g/mol. The summed E-state index contributed by atoms with van der Waals surface area (Å²) in [4.78, 5) is 1.63. The van der Waals surface area contributed by atoms with E-state index in [2.05, 4.69) is 4.72 Å². The highest BCUT2D eigenvalue weighted by atomic mass is 32.2. The Hall–Kier alpha value is -1.73. The Balaban J connectivity index is 1.91. The molecular formula is C19H25N2O3S+. The molecule has 0 aromatic heterocycles. The minimum absolute atomic E-state index is 0.286. The molecule has 2 N–H and O–H groups in total. The van der Waals surface area contributed by atoms with E-state index in [1.54, 1.807) is 24.3 Å². The number of ether oxygens (including phenoxy) is 1. The minimum atomic E-state index is -3.61. The van der Waals surface area contributed by atoms with Crippen molar-refractivity contribution in [2.24, 2.45) is 0 Å². The van der Waals surface area contributed by atoms with Crippen LogP contribution in [0.1, 0.15) is 12.5 Å². The third-order valence-electron chi connectivity index (χ3n) is 4.63. The van der Waals surface area contributed by atoms with Gasteiger partial charge in [0.2, 0.25) is 10.0 Å². The van der Waals surface area contributed by atoms with E-state index in [0.29, 0.717) is 19.8 Å². The van der Waals surface area contributed by atoms with Gasteiger partial charge in [-0.05, 0) is 24.6 Å². The Bertz CT molecular complexity index is 775. The second-order valence-electron chi connectivity index (χ2n) is 6.66. The molecular weight excluding hydrogens is 336 g/mol. The summed E-state index contributed by atoms with van der Waals surface area (Å²) in [7, 11) is -3.61. The van der Waals surface area contributed by atoms with Crippen LogP contribution in [0, 0.1) is 0 Å². The van der Waals surface area contributed by atoms with Gasteiger partial charge in [0, 0.05) is 0 Å². The lowest BCUT2D eigenvalue weighted by atomic mass is 9.92. The second-order valence-corrected chi connectivity index (χ2v) is 8.34. The predicted molar refractivity (Wildman–Crippen MR) is 96.9 cm³/mol. The number of hydrogen-bond acceptors (Lipinski definition) is 3. The lowest BCUT2D eigenvalue weighted by Crippen LogP contribution is -3.15. The van der Waals surface area contributed by atoms with Gasteiger partial charge >= 0.3 is 0 Å². The van der Waals surface area contributed by atoms with Crippen molar-refractivity contribution in [1.29, 1.82) is 0 Å². The molecule has 2 aromatic rings. The van der Waals surface area contributed by atoms with Gasteiger partial charge < -0.3 is 9.64 Å². The number of sulfonamides is 1. The van der Waals surface area contributed by atoms with Crippen LogP contribution >= 0.6 is 0 Å². The van der Waals surface area contributed by atoms with Gasteiger partial charge in [-0.3, -0.25) is 0 Å². The summed E-state index contributed by atoms with van der Waals surface area (Å²) in [6.45, 7) is 5.83. The molecule has 0 bridgehead atoms. The van der Waals surface area contributed by atoms with Crippen molar-refractivity contribution >= 4 is 10.0 Å². The minimum Gasteiger partial charge on any atom is -0.370 e. The lowest BCUT2D eigenvalue weighted by molar-refractivity contribution is -0.912. The molecule has 1 saturated heterocycles. The highest BCUT2D eigenvalue weighted by molar-refractivity contribution is 7.89. The third-order valence-corrected chi connectivity index (χ3v) is 6.24. The first kappa shape index (κ1) is 18.1. The van der Waals surface area contributed by atoms with Gasteiger partial charge in [-0.25, -0.2) is 8.42 Å². The number of hydrogen-bond donors (Lipinski definition) is 2. The zero-order chi connectivity index (χ0) is 17.8. The Morgan fingerprint density at radius 2 is 1.56 bits per heavy atom. The van der Waals surface area contributed by atoms with E-state index in [-0.39, 0.29) is 4.90 Å². The average Bonchev–Trinajstić information content (AvgIpc) is 2.63. The molecule has 5 nitrogen and oxygen atoms in total. The zero-order valence-electron chi connectivity index (χ0n) is 14.4. The van der Waals surface area contributed by atoms with Gasteiger partial charge in [-0.2, -0.15) is 4.72 Å². The Morgan fingerprint density at radius 3 is 2.16 bits per heavy atom. The van der Waals surface area contributed by atoms with Crippen molar-refractivity contribution in [3.8, 4) is 0 Å². The van der Waals surface area contributed by atoms with Crippen LogP contribution in [0.4, 0.5) is 0 Å². The molecule has 0 radical (unpaired) electrons. The van der Waals surface area contributed by atoms with Crippen molar-refractivity contribution in [3.63, 3.8) is 0 Å². The average molecular weight is 361 g/mol. The molecule has 3 rings (SSSR count). The van der Waals surface area contributed by atoms with Crippen LogP contribution in [-0.4, -0.2) is 41.3 Å².